The van der Waals surface area contributed by atoms with Crippen molar-refractivity contribution in [1.29, 1.82) is 0 Å². The van der Waals surface area contributed by atoms with Crippen molar-refractivity contribution in [3.05, 3.63) is 81.7 Å². The van der Waals surface area contributed by atoms with Crippen molar-refractivity contribution in [1.82, 2.24) is 9.47 Å². The molecule has 2 unspecified atom stereocenters. The molecule has 1 aromatic heterocycles. The Kier molecular flexibility index (Phi) is 4.90. The number of rotatable bonds is 2. The van der Waals surface area contributed by atoms with Crippen LogP contribution in [0, 0.1) is 5.92 Å². The Labute approximate surface area is 195 Å². The van der Waals surface area contributed by atoms with Crippen molar-refractivity contribution >= 4 is 40.6 Å². The standard InChI is InChI=1S/C25H22ClN3O2S/c26-18-8-9-23-21(11-18)29(20-4-1-2-6-22(20)32-23)25(31)15-27-12-16-10-17(14-27)19-5-3-7-24(30)28(19)13-16/h1-9,11,16-17H,10,12-15H2. The summed E-state index contributed by atoms with van der Waals surface area (Å²) >= 11 is 7.97. The van der Waals surface area contributed by atoms with Gasteiger partial charge in [0.1, 0.15) is 0 Å². The number of halogens is 1. The first-order valence-electron chi connectivity index (χ1n) is 10.9. The molecular weight excluding hydrogens is 442 g/mol. The summed E-state index contributed by atoms with van der Waals surface area (Å²) in [6.07, 6.45) is 1.08. The van der Waals surface area contributed by atoms with Gasteiger partial charge in [0.15, 0.2) is 0 Å². The molecule has 0 spiro atoms. The average molecular weight is 464 g/mol. The summed E-state index contributed by atoms with van der Waals surface area (Å²) in [6.45, 7) is 2.70. The number of para-hydroxylation sites is 1. The highest BCUT2D eigenvalue weighted by atomic mass is 35.5. The minimum atomic E-state index is 0.0479. The smallest absolute Gasteiger partial charge is 0.250 e. The van der Waals surface area contributed by atoms with Crippen molar-refractivity contribution in [2.75, 3.05) is 24.5 Å². The number of aromatic nitrogens is 1. The molecule has 1 amide bonds. The molecule has 5 nitrogen and oxygen atoms in total. The summed E-state index contributed by atoms with van der Waals surface area (Å²) in [5.74, 6) is 0.724. The van der Waals surface area contributed by atoms with Gasteiger partial charge in [0.25, 0.3) is 5.56 Å². The number of benzene rings is 2. The average Bonchev–Trinajstić information content (AvgIpc) is 2.78. The monoisotopic (exact) mass is 463 g/mol. The molecule has 7 heteroatoms. The lowest BCUT2D eigenvalue weighted by Gasteiger charge is -2.43. The van der Waals surface area contributed by atoms with Gasteiger partial charge in [-0.1, -0.05) is 41.6 Å². The number of amides is 1. The third-order valence-corrected chi connectivity index (χ3v) is 8.02. The number of hydrogen-bond acceptors (Lipinski definition) is 4. The Morgan fingerprint density at radius 3 is 2.72 bits per heavy atom. The molecule has 3 aliphatic heterocycles. The second-order valence-electron chi connectivity index (χ2n) is 8.80. The first kappa shape index (κ1) is 20.1. The molecule has 3 aromatic rings. The molecule has 32 heavy (non-hydrogen) atoms. The molecule has 6 rings (SSSR count). The highest BCUT2D eigenvalue weighted by Crippen LogP contribution is 2.49. The lowest BCUT2D eigenvalue weighted by molar-refractivity contribution is -0.119. The summed E-state index contributed by atoms with van der Waals surface area (Å²) in [7, 11) is 0. The molecule has 3 aliphatic rings. The van der Waals surface area contributed by atoms with Gasteiger partial charge >= 0.3 is 0 Å². The highest BCUT2D eigenvalue weighted by molar-refractivity contribution is 7.99. The molecule has 1 saturated heterocycles. The first-order chi connectivity index (χ1) is 15.6. The number of piperidine rings is 1. The normalized spacial score (nSPS) is 21.5. The second-order valence-corrected chi connectivity index (χ2v) is 10.3. The zero-order valence-electron chi connectivity index (χ0n) is 17.4. The van der Waals surface area contributed by atoms with E-state index in [2.05, 4.69) is 17.0 Å². The number of carbonyl (C=O) groups is 1. The van der Waals surface area contributed by atoms with Crippen LogP contribution in [0.4, 0.5) is 11.4 Å². The molecule has 1 fully saturated rings. The molecule has 0 saturated carbocycles. The van der Waals surface area contributed by atoms with Crippen molar-refractivity contribution in [2.45, 2.75) is 28.7 Å². The van der Waals surface area contributed by atoms with E-state index in [-0.39, 0.29) is 17.4 Å². The number of anilines is 2. The lowest BCUT2D eigenvalue weighted by Crippen LogP contribution is -2.50. The van der Waals surface area contributed by atoms with Gasteiger partial charge in [-0.3, -0.25) is 19.4 Å². The summed E-state index contributed by atoms with van der Waals surface area (Å²) in [4.78, 5) is 32.2. The maximum atomic E-state index is 13.7. The van der Waals surface area contributed by atoms with Gasteiger partial charge in [0.2, 0.25) is 5.91 Å². The molecular formula is C25H22ClN3O2S. The van der Waals surface area contributed by atoms with Crippen LogP contribution in [-0.2, 0) is 11.3 Å². The number of nitrogens with zero attached hydrogens (tertiary/aromatic N) is 3. The highest BCUT2D eigenvalue weighted by Gasteiger charge is 2.36. The minimum Gasteiger partial charge on any atom is -0.312 e. The van der Waals surface area contributed by atoms with Crippen LogP contribution in [0.5, 0.6) is 0 Å². The molecule has 0 N–H and O–H groups in total. The number of hydrogen-bond donors (Lipinski definition) is 0. The Morgan fingerprint density at radius 2 is 1.81 bits per heavy atom. The molecule has 4 heterocycles. The van der Waals surface area contributed by atoms with Crippen LogP contribution in [0.15, 0.2) is 75.2 Å². The minimum absolute atomic E-state index is 0.0479. The van der Waals surface area contributed by atoms with Crippen LogP contribution in [0.1, 0.15) is 18.0 Å². The van der Waals surface area contributed by atoms with Crippen molar-refractivity contribution in [3.63, 3.8) is 0 Å². The topological polar surface area (TPSA) is 45.6 Å². The third kappa shape index (κ3) is 3.38. The van der Waals surface area contributed by atoms with Gasteiger partial charge in [-0.15, -0.1) is 0 Å². The van der Waals surface area contributed by atoms with Gasteiger partial charge in [-0.2, -0.15) is 0 Å². The van der Waals surface area contributed by atoms with Gasteiger partial charge < -0.3 is 4.57 Å². The number of fused-ring (bicyclic) bond motifs is 6. The van der Waals surface area contributed by atoms with Crippen LogP contribution >= 0.6 is 23.4 Å². The van der Waals surface area contributed by atoms with E-state index >= 15 is 0 Å². The largest absolute Gasteiger partial charge is 0.312 e. The number of likely N-dealkylation sites (tertiary alicyclic amines) is 1. The van der Waals surface area contributed by atoms with Crippen LogP contribution in [0.3, 0.4) is 0 Å². The second kappa shape index (κ2) is 7.80. The van der Waals surface area contributed by atoms with E-state index in [9.17, 15) is 9.59 Å². The molecule has 2 bridgehead atoms. The van der Waals surface area contributed by atoms with Gasteiger partial charge in [0.05, 0.1) is 17.9 Å². The SMILES string of the molecule is O=C(CN1CC2CC(C1)c1cccc(=O)n1C2)N1c2ccccc2Sc2ccc(Cl)cc21. The molecule has 0 aliphatic carbocycles. The van der Waals surface area contributed by atoms with Crippen molar-refractivity contribution in [2.24, 2.45) is 5.92 Å². The van der Waals surface area contributed by atoms with E-state index in [0.717, 1.165) is 52.9 Å². The molecule has 2 atom stereocenters. The molecule has 0 radical (unpaired) electrons. The van der Waals surface area contributed by atoms with E-state index in [1.165, 1.54) is 0 Å². The van der Waals surface area contributed by atoms with Crippen LogP contribution in [-0.4, -0.2) is 35.0 Å². The van der Waals surface area contributed by atoms with E-state index in [0.29, 0.717) is 17.5 Å². The Hall–Kier alpha value is -2.54. The maximum absolute atomic E-state index is 13.7. The van der Waals surface area contributed by atoms with Crippen molar-refractivity contribution in [3.8, 4) is 0 Å². The van der Waals surface area contributed by atoms with E-state index in [1.807, 2.05) is 51.9 Å². The Morgan fingerprint density at radius 1 is 0.969 bits per heavy atom. The van der Waals surface area contributed by atoms with Crippen LogP contribution in [0.2, 0.25) is 5.02 Å². The summed E-state index contributed by atoms with van der Waals surface area (Å²) in [5, 5.41) is 0.621. The first-order valence-corrected chi connectivity index (χ1v) is 12.1. The lowest BCUT2D eigenvalue weighted by atomic mass is 9.83. The van der Waals surface area contributed by atoms with Gasteiger partial charge in [0, 0.05) is 52.1 Å². The summed E-state index contributed by atoms with van der Waals surface area (Å²) in [6, 6.07) is 19.3. The van der Waals surface area contributed by atoms with Crippen molar-refractivity contribution < 1.29 is 4.79 Å². The van der Waals surface area contributed by atoms with Gasteiger partial charge in [-0.05, 0) is 48.7 Å². The fourth-order valence-corrected chi connectivity index (χ4v) is 6.59. The molecule has 2 aromatic carbocycles. The van der Waals surface area contributed by atoms with E-state index in [4.69, 9.17) is 11.6 Å². The maximum Gasteiger partial charge on any atom is 0.250 e. The summed E-state index contributed by atoms with van der Waals surface area (Å²) < 4.78 is 1.92. The predicted octanol–water partition coefficient (Wildman–Crippen LogP) is 4.75. The fraction of sp³-hybridized carbons (Fsp3) is 0.280. The predicted molar refractivity (Wildman–Crippen MR) is 127 cm³/mol. The third-order valence-electron chi connectivity index (χ3n) is 6.65. The Bertz CT molecular complexity index is 1290. The van der Waals surface area contributed by atoms with E-state index in [1.54, 1.807) is 17.8 Å². The van der Waals surface area contributed by atoms with Crippen LogP contribution in [0.25, 0.3) is 0 Å². The van der Waals surface area contributed by atoms with E-state index < -0.39 is 0 Å². The number of pyridine rings is 1. The quantitative estimate of drug-likeness (QED) is 0.550. The number of carbonyl (C=O) groups excluding carboxylic acids is 1. The zero-order valence-corrected chi connectivity index (χ0v) is 19.0. The van der Waals surface area contributed by atoms with Gasteiger partial charge in [-0.25, -0.2) is 0 Å². The zero-order chi connectivity index (χ0) is 21.8. The Balaban J connectivity index is 1.30. The molecule has 162 valence electrons. The van der Waals surface area contributed by atoms with Crippen LogP contribution < -0.4 is 10.5 Å². The fourth-order valence-electron chi connectivity index (χ4n) is 5.38. The summed E-state index contributed by atoms with van der Waals surface area (Å²) in [5.41, 5.74) is 2.94.